The third-order valence-electron chi connectivity index (χ3n) is 9.28. The molecule has 2 aromatic carbocycles. The highest BCUT2D eigenvalue weighted by molar-refractivity contribution is 6.32. The lowest BCUT2D eigenvalue weighted by Gasteiger charge is -2.49. The summed E-state index contributed by atoms with van der Waals surface area (Å²) >= 11 is 6.87. The smallest absolute Gasteiger partial charge is 0.262 e. The number of anilines is 1. The number of benzene rings is 2. The third-order valence-corrected chi connectivity index (χ3v) is 9.56. The third kappa shape index (κ3) is 6.42. The zero-order valence-electron chi connectivity index (χ0n) is 27.8. The van der Waals surface area contributed by atoms with E-state index in [0.717, 1.165) is 54.0 Å². The minimum atomic E-state index is -0.552. The van der Waals surface area contributed by atoms with Gasteiger partial charge in [0.1, 0.15) is 0 Å². The largest absolute Gasteiger partial charge is 0.493 e. The first kappa shape index (κ1) is 32.8. The molecule has 0 radical (unpaired) electrons. The van der Waals surface area contributed by atoms with Crippen LogP contribution in [0.3, 0.4) is 0 Å². The first-order valence-corrected chi connectivity index (χ1v) is 16.2. The number of rotatable bonds is 8. The fraction of sp³-hybridized carbons (Fsp3) is 0.486. The minimum absolute atomic E-state index is 0.0649. The van der Waals surface area contributed by atoms with Crippen LogP contribution in [0.1, 0.15) is 89.3 Å². The second-order valence-corrected chi connectivity index (χ2v) is 14.7. The fourth-order valence-corrected chi connectivity index (χ4v) is 7.41. The van der Waals surface area contributed by atoms with Gasteiger partial charge in [-0.1, -0.05) is 58.4 Å². The lowest BCUT2D eigenvalue weighted by molar-refractivity contribution is -0.120. The van der Waals surface area contributed by atoms with Gasteiger partial charge >= 0.3 is 0 Å². The summed E-state index contributed by atoms with van der Waals surface area (Å²) in [5.74, 6) is -0.180. The number of ether oxygens (including phenoxy) is 2. The molecule has 1 aliphatic heterocycles. The highest BCUT2D eigenvalue weighted by atomic mass is 35.5. The number of allylic oxidation sites excluding steroid dienone is 4. The van der Waals surface area contributed by atoms with Crippen molar-refractivity contribution >= 4 is 34.8 Å². The molecule has 240 valence electrons. The summed E-state index contributed by atoms with van der Waals surface area (Å²) in [7, 11) is 1.51. The number of carbonyl (C=O) groups excluding carboxylic acids is 3. The topological polar surface area (TPSA) is 84.9 Å². The molecule has 45 heavy (non-hydrogen) atoms. The molecule has 0 saturated carbocycles. The number of halogens is 1. The Morgan fingerprint density at radius 3 is 2.13 bits per heavy atom. The van der Waals surface area contributed by atoms with E-state index in [2.05, 4.69) is 44.8 Å². The summed E-state index contributed by atoms with van der Waals surface area (Å²) in [5, 5.41) is 3.15. The Bertz CT molecular complexity index is 1580. The normalized spacial score (nSPS) is 19.4. The number of methoxy groups -OCH3 is 1. The highest BCUT2D eigenvalue weighted by Crippen LogP contribution is 2.55. The molecular formula is C37H45ClN2O5. The van der Waals surface area contributed by atoms with E-state index in [9.17, 15) is 14.4 Å². The van der Waals surface area contributed by atoms with Gasteiger partial charge in [-0.25, -0.2) is 0 Å². The van der Waals surface area contributed by atoms with Crippen molar-refractivity contribution in [3.63, 3.8) is 0 Å². The second-order valence-electron chi connectivity index (χ2n) is 14.3. The number of aryl methyl sites for hydroxylation is 1. The second kappa shape index (κ2) is 12.3. The van der Waals surface area contributed by atoms with Crippen LogP contribution < -0.4 is 14.8 Å². The SMILES string of the molecule is CCCN1C2=C(C(=O)CC(C)(C)C2)C(c2cc(Cl)c(OCC(=O)Nc3cccc(C)c3C)c(OC)c2)C2=C1CC(C)(C)CC2=O. The molecule has 1 heterocycles. The Balaban J connectivity index is 1.55. The summed E-state index contributed by atoms with van der Waals surface area (Å²) in [4.78, 5) is 43.1. The summed E-state index contributed by atoms with van der Waals surface area (Å²) in [6.45, 7) is 15.1. The number of hydrogen-bond acceptors (Lipinski definition) is 6. The molecule has 7 nitrogen and oxygen atoms in total. The van der Waals surface area contributed by atoms with Gasteiger partial charge in [-0.05, 0) is 78.8 Å². The van der Waals surface area contributed by atoms with Gasteiger partial charge in [0.2, 0.25) is 0 Å². The van der Waals surface area contributed by atoms with Crippen molar-refractivity contribution in [3.05, 3.63) is 74.6 Å². The predicted octanol–water partition coefficient (Wildman–Crippen LogP) is 8.08. The summed E-state index contributed by atoms with van der Waals surface area (Å²) in [5.41, 5.74) is 6.53. The van der Waals surface area contributed by atoms with Gasteiger partial charge in [0, 0.05) is 53.5 Å². The molecule has 0 fully saturated rings. The van der Waals surface area contributed by atoms with Gasteiger partial charge in [0.15, 0.2) is 29.7 Å². The van der Waals surface area contributed by atoms with Gasteiger partial charge in [0.05, 0.1) is 12.1 Å². The average Bonchev–Trinajstić information content (AvgIpc) is 2.94. The molecule has 3 aliphatic rings. The average molecular weight is 633 g/mol. The first-order chi connectivity index (χ1) is 21.2. The Hall–Kier alpha value is -3.58. The molecular weight excluding hydrogens is 588 g/mol. The minimum Gasteiger partial charge on any atom is -0.493 e. The van der Waals surface area contributed by atoms with Crippen molar-refractivity contribution in [3.8, 4) is 11.5 Å². The number of Topliss-reactive ketones (excluding diaryl/α,β-unsaturated/α-hetero) is 2. The van der Waals surface area contributed by atoms with E-state index in [4.69, 9.17) is 21.1 Å². The van der Waals surface area contributed by atoms with Gasteiger partial charge < -0.3 is 19.7 Å². The van der Waals surface area contributed by atoms with E-state index < -0.39 is 5.92 Å². The van der Waals surface area contributed by atoms with Gasteiger partial charge in [-0.15, -0.1) is 0 Å². The zero-order chi connectivity index (χ0) is 32.8. The van der Waals surface area contributed by atoms with Crippen molar-refractivity contribution in [1.29, 1.82) is 0 Å². The molecule has 1 N–H and O–H groups in total. The molecule has 5 rings (SSSR count). The first-order valence-electron chi connectivity index (χ1n) is 15.8. The Morgan fingerprint density at radius 2 is 1.58 bits per heavy atom. The maximum absolute atomic E-state index is 14.0. The maximum atomic E-state index is 14.0. The van der Waals surface area contributed by atoms with E-state index in [-0.39, 0.29) is 45.7 Å². The van der Waals surface area contributed by atoms with Crippen molar-refractivity contribution in [2.45, 2.75) is 86.5 Å². The molecule has 0 spiro atoms. The van der Waals surface area contributed by atoms with Crippen LogP contribution in [0, 0.1) is 24.7 Å². The van der Waals surface area contributed by atoms with E-state index >= 15 is 0 Å². The molecule has 0 bridgehead atoms. The Kier molecular flexibility index (Phi) is 8.98. The van der Waals surface area contributed by atoms with Crippen molar-refractivity contribution in [2.75, 3.05) is 25.6 Å². The molecule has 0 unspecified atom stereocenters. The van der Waals surface area contributed by atoms with Crippen LogP contribution in [-0.2, 0) is 14.4 Å². The Labute approximate surface area is 272 Å². The molecule has 1 amide bonds. The summed E-state index contributed by atoms with van der Waals surface area (Å²) < 4.78 is 11.7. The quantitative estimate of drug-likeness (QED) is 0.317. The molecule has 2 aliphatic carbocycles. The van der Waals surface area contributed by atoms with Crippen LogP contribution in [-0.4, -0.2) is 42.6 Å². The van der Waals surface area contributed by atoms with Crippen molar-refractivity contribution in [1.82, 2.24) is 4.90 Å². The number of nitrogens with one attached hydrogen (secondary N) is 1. The lowest BCUT2D eigenvalue weighted by Crippen LogP contribution is -2.44. The molecule has 8 heteroatoms. The Morgan fingerprint density at radius 1 is 0.978 bits per heavy atom. The van der Waals surface area contributed by atoms with Crippen LogP contribution in [0.15, 0.2) is 52.9 Å². The monoisotopic (exact) mass is 632 g/mol. The van der Waals surface area contributed by atoms with Crippen molar-refractivity contribution < 1.29 is 23.9 Å². The zero-order valence-corrected chi connectivity index (χ0v) is 28.5. The number of carbonyl (C=O) groups is 3. The van der Waals surface area contributed by atoms with Crippen LogP contribution in [0.4, 0.5) is 5.69 Å². The van der Waals surface area contributed by atoms with Gasteiger partial charge in [-0.2, -0.15) is 0 Å². The molecule has 2 aromatic rings. The summed E-state index contributed by atoms with van der Waals surface area (Å²) in [6.07, 6.45) is 3.21. The van der Waals surface area contributed by atoms with E-state index in [0.29, 0.717) is 35.3 Å². The van der Waals surface area contributed by atoms with Crippen LogP contribution >= 0.6 is 11.6 Å². The van der Waals surface area contributed by atoms with Gasteiger partial charge in [-0.3, -0.25) is 14.4 Å². The number of amides is 1. The molecule has 0 saturated heterocycles. The lowest BCUT2D eigenvalue weighted by atomic mass is 9.63. The van der Waals surface area contributed by atoms with Crippen LogP contribution in [0.2, 0.25) is 5.02 Å². The highest BCUT2D eigenvalue weighted by Gasteiger charge is 2.49. The predicted molar refractivity (Wildman–Crippen MR) is 178 cm³/mol. The summed E-state index contributed by atoms with van der Waals surface area (Å²) in [6, 6.07) is 9.29. The molecule has 0 atom stereocenters. The molecule has 0 aromatic heterocycles. The fourth-order valence-electron chi connectivity index (χ4n) is 7.13. The van der Waals surface area contributed by atoms with E-state index in [1.165, 1.54) is 7.11 Å². The van der Waals surface area contributed by atoms with Crippen LogP contribution in [0.25, 0.3) is 0 Å². The number of nitrogens with zero attached hydrogens (tertiary/aromatic N) is 1. The van der Waals surface area contributed by atoms with E-state index in [1.807, 2.05) is 32.0 Å². The van der Waals surface area contributed by atoms with E-state index in [1.54, 1.807) is 12.1 Å². The standard InChI is InChI=1S/C37H45ClN2O5/c1-9-13-40-26-16-36(4,5)18-28(41)33(26)32(34-27(40)17-37(6,7)19-29(34)42)23-14-24(38)35(30(15-23)44-8)45-20-31(43)39-25-12-10-11-21(2)22(25)3/h10-12,14-15,32H,9,13,16-20H2,1-8H3,(H,39,43). The van der Waals surface area contributed by atoms with Crippen LogP contribution in [0.5, 0.6) is 11.5 Å². The number of hydrogen-bond donors (Lipinski definition) is 1. The van der Waals surface area contributed by atoms with Gasteiger partial charge in [0.25, 0.3) is 5.91 Å². The maximum Gasteiger partial charge on any atom is 0.262 e. The number of ketones is 2. The van der Waals surface area contributed by atoms with Crippen molar-refractivity contribution in [2.24, 2.45) is 10.8 Å².